The molecule has 1 aromatic carbocycles. The highest BCUT2D eigenvalue weighted by Gasteiger charge is 2.13. The fourth-order valence-corrected chi connectivity index (χ4v) is 3.14. The zero-order valence-electron chi connectivity index (χ0n) is 12.4. The Balaban J connectivity index is 2.00. The lowest BCUT2D eigenvalue weighted by Crippen LogP contribution is -2.08. The number of nitrogens with two attached hydrogens (primary N) is 1. The van der Waals surface area contributed by atoms with Gasteiger partial charge < -0.3 is 5.73 Å². The summed E-state index contributed by atoms with van der Waals surface area (Å²) in [6.07, 6.45) is 0.706. The Morgan fingerprint density at radius 1 is 1.14 bits per heavy atom. The Morgan fingerprint density at radius 2 is 1.90 bits per heavy atom. The van der Waals surface area contributed by atoms with Gasteiger partial charge in [-0.3, -0.25) is 0 Å². The molecule has 0 bridgehead atoms. The summed E-state index contributed by atoms with van der Waals surface area (Å²) in [7, 11) is 0. The Bertz CT molecular complexity index is 759. The van der Waals surface area contributed by atoms with Crippen molar-refractivity contribution in [2.24, 2.45) is 0 Å². The van der Waals surface area contributed by atoms with Gasteiger partial charge in [0.15, 0.2) is 0 Å². The van der Waals surface area contributed by atoms with Crippen LogP contribution in [0.25, 0.3) is 10.2 Å². The van der Waals surface area contributed by atoms with E-state index in [9.17, 15) is 0 Å². The maximum atomic E-state index is 6.02. The lowest BCUT2D eigenvalue weighted by atomic mass is 10.1. The van der Waals surface area contributed by atoms with Crippen molar-refractivity contribution >= 4 is 27.4 Å². The van der Waals surface area contributed by atoms with E-state index in [1.165, 1.54) is 4.70 Å². The van der Waals surface area contributed by atoms with Crippen LogP contribution in [0.2, 0.25) is 0 Å². The number of anilines is 1. The molecule has 0 saturated heterocycles. The van der Waals surface area contributed by atoms with E-state index >= 15 is 0 Å². The van der Waals surface area contributed by atoms with Crippen LogP contribution in [0.15, 0.2) is 24.3 Å². The maximum absolute atomic E-state index is 6.02. The molecular formula is C16H18N4S. The average molecular weight is 298 g/mol. The fraction of sp³-hybridized carbons (Fsp3) is 0.312. The minimum absolute atomic E-state index is 0.266. The summed E-state index contributed by atoms with van der Waals surface area (Å²) in [4.78, 5) is 13.7. The molecule has 21 heavy (non-hydrogen) atoms. The summed E-state index contributed by atoms with van der Waals surface area (Å²) >= 11 is 1.71. The van der Waals surface area contributed by atoms with E-state index in [0.717, 1.165) is 27.6 Å². The highest BCUT2D eigenvalue weighted by atomic mass is 32.1. The number of nitrogens with zero attached hydrogens (tertiary/aromatic N) is 3. The highest BCUT2D eigenvalue weighted by molar-refractivity contribution is 7.18. The van der Waals surface area contributed by atoms with Crippen molar-refractivity contribution in [2.75, 3.05) is 5.73 Å². The Morgan fingerprint density at radius 3 is 2.62 bits per heavy atom. The molecule has 2 N–H and O–H groups in total. The van der Waals surface area contributed by atoms with Crippen molar-refractivity contribution < 1.29 is 0 Å². The molecular weight excluding hydrogens is 280 g/mol. The number of hydrogen-bond acceptors (Lipinski definition) is 5. The van der Waals surface area contributed by atoms with Gasteiger partial charge in [0.05, 0.1) is 20.9 Å². The predicted octanol–water partition coefficient (Wildman–Crippen LogP) is 3.69. The number of hydrogen-bond donors (Lipinski definition) is 1. The van der Waals surface area contributed by atoms with Crippen LogP contribution < -0.4 is 5.73 Å². The number of rotatable bonds is 3. The standard InChI is InChI=1S/C16H18N4S/c1-9(2)16-19-12(10(3)15(17)20-16)8-14-18-11-6-4-5-7-13(11)21-14/h4-7,9H,8H2,1-3H3,(H2,17,19,20). The third kappa shape index (κ3) is 2.74. The Kier molecular flexibility index (Phi) is 3.59. The van der Waals surface area contributed by atoms with Gasteiger partial charge in [-0.2, -0.15) is 0 Å². The molecule has 0 fully saturated rings. The molecule has 0 spiro atoms. The van der Waals surface area contributed by atoms with Crippen LogP contribution in [0.4, 0.5) is 5.82 Å². The summed E-state index contributed by atoms with van der Waals surface area (Å²) < 4.78 is 1.20. The van der Waals surface area contributed by atoms with E-state index in [1.54, 1.807) is 11.3 Å². The third-order valence-corrected chi connectivity index (χ3v) is 4.51. The average Bonchev–Trinajstić information content (AvgIpc) is 2.85. The van der Waals surface area contributed by atoms with Gasteiger partial charge in [0.25, 0.3) is 0 Å². The highest BCUT2D eigenvalue weighted by Crippen LogP contribution is 2.25. The van der Waals surface area contributed by atoms with Crippen molar-refractivity contribution in [2.45, 2.75) is 33.1 Å². The molecule has 2 aromatic heterocycles. The van der Waals surface area contributed by atoms with Gasteiger partial charge in [-0.1, -0.05) is 26.0 Å². The first-order chi connectivity index (χ1) is 10.0. The number of benzene rings is 1. The maximum Gasteiger partial charge on any atom is 0.133 e. The van der Waals surface area contributed by atoms with Gasteiger partial charge in [0, 0.05) is 17.9 Å². The minimum atomic E-state index is 0.266. The van der Waals surface area contributed by atoms with E-state index in [2.05, 4.69) is 34.9 Å². The van der Waals surface area contributed by atoms with Gasteiger partial charge >= 0.3 is 0 Å². The second kappa shape index (κ2) is 5.41. The summed E-state index contributed by atoms with van der Waals surface area (Å²) in [5.74, 6) is 1.64. The molecule has 2 heterocycles. The van der Waals surface area contributed by atoms with Gasteiger partial charge in [-0.05, 0) is 19.1 Å². The summed E-state index contributed by atoms with van der Waals surface area (Å²) in [6, 6.07) is 8.18. The van der Waals surface area contributed by atoms with Crippen LogP contribution in [0.3, 0.4) is 0 Å². The van der Waals surface area contributed by atoms with Gasteiger partial charge in [0.1, 0.15) is 11.6 Å². The first-order valence-electron chi connectivity index (χ1n) is 7.02. The van der Waals surface area contributed by atoms with Crippen molar-refractivity contribution in [3.63, 3.8) is 0 Å². The molecule has 5 heteroatoms. The number of thiazole rings is 1. The molecule has 0 radical (unpaired) electrons. The van der Waals surface area contributed by atoms with Gasteiger partial charge in [-0.25, -0.2) is 15.0 Å². The van der Waals surface area contributed by atoms with Crippen molar-refractivity contribution in [1.82, 2.24) is 15.0 Å². The SMILES string of the molecule is Cc1c(N)nc(C(C)C)nc1Cc1nc2ccccc2s1. The summed E-state index contributed by atoms with van der Waals surface area (Å²) in [5.41, 5.74) is 9.00. The molecule has 0 aliphatic carbocycles. The normalized spacial score (nSPS) is 11.4. The summed E-state index contributed by atoms with van der Waals surface area (Å²) in [6.45, 7) is 6.12. The van der Waals surface area contributed by atoms with E-state index < -0.39 is 0 Å². The topological polar surface area (TPSA) is 64.7 Å². The molecule has 4 nitrogen and oxygen atoms in total. The second-order valence-corrected chi connectivity index (χ2v) is 6.56. The smallest absolute Gasteiger partial charge is 0.133 e. The van der Waals surface area contributed by atoms with Gasteiger partial charge in [0.2, 0.25) is 0 Å². The number of nitrogen functional groups attached to an aromatic ring is 1. The van der Waals surface area contributed by atoms with E-state index in [1.807, 2.05) is 25.1 Å². The lowest BCUT2D eigenvalue weighted by Gasteiger charge is -2.10. The number of para-hydroxylation sites is 1. The van der Waals surface area contributed by atoms with Crippen molar-refractivity contribution in [3.8, 4) is 0 Å². The van der Waals surface area contributed by atoms with Crippen LogP contribution in [0.1, 0.15) is 41.9 Å². The number of aromatic nitrogens is 3. The van der Waals surface area contributed by atoms with Crippen molar-refractivity contribution in [1.29, 1.82) is 0 Å². The Labute approximate surface area is 128 Å². The molecule has 0 aliphatic heterocycles. The summed E-state index contributed by atoms with van der Waals surface area (Å²) in [5, 5.41) is 1.06. The van der Waals surface area contributed by atoms with Crippen LogP contribution in [0, 0.1) is 6.92 Å². The first kappa shape index (κ1) is 13.9. The Hall–Kier alpha value is -2.01. The van der Waals surface area contributed by atoms with Gasteiger partial charge in [-0.15, -0.1) is 11.3 Å². The molecule has 3 aromatic rings. The van der Waals surface area contributed by atoms with E-state index in [4.69, 9.17) is 5.73 Å². The van der Waals surface area contributed by atoms with Crippen LogP contribution in [-0.2, 0) is 6.42 Å². The molecule has 0 atom stereocenters. The zero-order chi connectivity index (χ0) is 15.0. The molecule has 108 valence electrons. The quantitative estimate of drug-likeness (QED) is 0.801. The molecule has 0 aliphatic rings. The molecule has 0 unspecified atom stereocenters. The number of fused-ring (bicyclic) bond motifs is 1. The second-order valence-electron chi connectivity index (χ2n) is 5.45. The van der Waals surface area contributed by atoms with Crippen LogP contribution >= 0.6 is 11.3 Å². The molecule has 3 rings (SSSR count). The van der Waals surface area contributed by atoms with E-state index in [0.29, 0.717) is 12.2 Å². The third-order valence-electron chi connectivity index (χ3n) is 3.47. The predicted molar refractivity (Wildman–Crippen MR) is 87.7 cm³/mol. The van der Waals surface area contributed by atoms with E-state index in [-0.39, 0.29) is 5.92 Å². The zero-order valence-corrected chi connectivity index (χ0v) is 13.2. The molecule has 0 saturated carbocycles. The van der Waals surface area contributed by atoms with Crippen LogP contribution in [0.5, 0.6) is 0 Å². The monoisotopic (exact) mass is 298 g/mol. The van der Waals surface area contributed by atoms with Crippen LogP contribution in [-0.4, -0.2) is 15.0 Å². The first-order valence-corrected chi connectivity index (χ1v) is 7.83. The lowest BCUT2D eigenvalue weighted by molar-refractivity contribution is 0.759. The minimum Gasteiger partial charge on any atom is -0.383 e. The fourth-order valence-electron chi connectivity index (χ4n) is 2.17. The molecule has 0 amide bonds. The van der Waals surface area contributed by atoms with Crippen molar-refractivity contribution in [3.05, 3.63) is 46.4 Å². The largest absolute Gasteiger partial charge is 0.383 e.